The number of pyridine rings is 1. The molecule has 3 N–H and O–H groups in total. The van der Waals surface area contributed by atoms with Gasteiger partial charge in [-0.15, -0.1) is 0 Å². The number of anilines is 4. The van der Waals surface area contributed by atoms with Crippen molar-refractivity contribution in [3.8, 4) is 0 Å². The first kappa shape index (κ1) is 19.1. The second-order valence-electron chi connectivity index (χ2n) is 6.35. The van der Waals surface area contributed by atoms with Gasteiger partial charge in [0.25, 0.3) is 5.91 Å². The molecule has 0 bridgehead atoms. The number of aryl methyl sites for hydroxylation is 1. The normalized spacial score (nSPS) is 10.2. The maximum atomic E-state index is 12.5. The van der Waals surface area contributed by atoms with E-state index in [1.165, 1.54) is 18.7 Å². The average Bonchev–Trinajstić information content (AvgIpc) is 2.70. The van der Waals surface area contributed by atoms with E-state index in [-0.39, 0.29) is 11.8 Å². The molecule has 0 aliphatic heterocycles. The fraction of sp³-hybridized carbons (Fsp3) is 0.136. The molecular weight excluding hydrogens is 352 g/mol. The summed E-state index contributed by atoms with van der Waals surface area (Å²) >= 11 is 0. The van der Waals surface area contributed by atoms with Crippen LogP contribution in [-0.2, 0) is 11.2 Å². The number of hydrogen-bond acceptors (Lipinski definition) is 4. The number of aromatic nitrogens is 1. The maximum Gasteiger partial charge on any atom is 0.257 e. The fourth-order valence-electron chi connectivity index (χ4n) is 2.67. The molecule has 0 saturated carbocycles. The van der Waals surface area contributed by atoms with E-state index >= 15 is 0 Å². The van der Waals surface area contributed by atoms with Crippen LogP contribution in [0.5, 0.6) is 0 Å². The lowest BCUT2D eigenvalue weighted by molar-refractivity contribution is -0.114. The SMILES string of the molecule is CCc1ccc(NC(=O)c2cncc(Nc3ccc(NC(C)=O)cc3)c2)cc1. The molecule has 0 spiro atoms. The first-order valence-electron chi connectivity index (χ1n) is 9.03. The fourth-order valence-corrected chi connectivity index (χ4v) is 2.67. The summed E-state index contributed by atoms with van der Waals surface area (Å²) in [5.41, 5.74) is 4.66. The summed E-state index contributed by atoms with van der Waals surface area (Å²) in [7, 11) is 0. The molecule has 2 amide bonds. The van der Waals surface area contributed by atoms with Gasteiger partial charge in [0.05, 0.1) is 17.4 Å². The maximum absolute atomic E-state index is 12.5. The monoisotopic (exact) mass is 374 g/mol. The van der Waals surface area contributed by atoms with Gasteiger partial charge >= 0.3 is 0 Å². The molecule has 0 saturated heterocycles. The molecule has 0 fully saturated rings. The van der Waals surface area contributed by atoms with Gasteiger partial charge in [0.2, 0.25) is 5.91 Å². The summed E-state index contributed by atoms with van der Waals surface area (Å²) in [5, 5.41) is 8.80. The Bertz CT molecular complexity index is 967. The highest BCUT2D eigenvalue weighted by Gasteiger charge is 2.08. The van der Waals surface area contributed by atoms with Crippen molar-refractivity contribution in [1.82, 2.24) is 4.98 Å². The Morgan fingerprint density at radius 2 is 1.43 bits per heavy atom. The number of amides is 2. The van der Waals surface area contributed by atoms with E-state index in [0.29, 0.717) is 11.3 Å². The van der Waals surface area contributed by atoms with Crippen LogP contribution in [0.25, 0.3) is 0 Å². The molecule has 6 nitrogen and oxygen atoms in total. The van der Waals surface area contributed by atoms with Crippen LogP contribution in [0.1, 0.15) is 29.8 Å². The average molecular weight is 374 g/mol. The van der Waals surface area contributed by atoms with E-state index < -0.39 is 0 Å². The van der Waals surface area contributed by atoms with E-state index in [4.69, 9.17) is 0 Å². The Kier molecular flexibility index (Phi) is 6.01. The van der Waals surface area contributed by atoms with Crippen molar-refractivity contribution in [3.63, 3.8) is 0 Å². The van der Waals surface area contributed by atoms with Gasteiger partial charge < -0.3 is 16.0 Å². The van der Waals surface area contributed by atoms with Gasteiger partial charge in [-0.2, -0.15) is 0 Å². The number of hydrogen-bond donors (Lipinski definition) is 3. The van der Waals surface area contributed by atoms with Crippen molar-refractivity contribution in [1.29, 1.82) is 0 Å². The molecule has 2 aromatic carbocycles. The van der Waals surface area contributed by atoms with E-state index in [2.05, 4.69) is 27.9 Å². The van der Waals surface area contributed by atoms with Gasteiger partial charge in [-0.25, -0.2) is 0 Å². The minimum Gasteiger partial charge on any atom is -0.354 e. The predicted molar refractivity (Wildman–Crippen MR) is 112 cm³/mol. The Morgan fingerprint density at radius 3 is 2.07 bits per heavy atom. The van der Waals surface area contributed by atoms with Crippen LogP contribution < -0.4 is 16.0 Å². The predicted octanol–water partition coefficient (Wildman–Crippen LogP) is 4.60. The standard InChI is InChI=1S/C22H22N4O2/c1-3-16-4-6-20(7-5-16)26-22(28)17-12-21(14-23-13-17)25-19-10-8-18(9-11-19)24-15(2)27/h4-14,25H,3H2,1-2H3,(H,24,27)(H,26,28). The Balaban J connectivity index is 1.67. The molecule has 142 valence electrons. The Hall–Kier alpha value is -3.67. The molecule has 6 heteroatoms. The van der Waals surface area contributed by atoms with E-state index in [1.807, 2.05) is 36.4 Å². The number of carbonyl (C=O) groups is 2. The second-order valence-corrected chi connectivity index (χ2v) is 6.35. The minimum atomic E-state index is -0.221. The highest BCUT2D eigenvalue weighted by Crippen LogP contribution is 2.20. The molecule has 0 unspecified atom stereocenters. The summed E-state index contributed by atoms with van der Waals surface area (Å²) in [6, 6.07) is 16.8. The summed E-state index contributed by atoms with van der Waals surface area (Å²) < 4.78 is 0. The first-order valence-corrected chi connectivity index (χ1v) is 9.03. The third-order valence-corrected chi connectivity index (χ3v) is 4.11. The van der Waals surface area contributed by atoms with E-state index in [9.17, 15) is 9.59 Å². The summed E-state index contributed by atoms with van der Waals surface area (Å²) in [5.74, 6) is -0.339. The number of nitrogens with zero attached hydrogens (tertiary/aromatic N) is 1. The summed E-state index contributed by atoms with van der Waals surface area (Å²) in [6.07, 6.45) is 4.13. The molecule has 3 rings (SSSR count). The van der Waals surface area contributed by atoms with Crippen LogP contribution >= 0.6 is 0 Å². The van der Waals surface area contributed by atoms with Crippen LogP contribution in [0.4, 0.5) is 22.7 Å². The first-order chi connectivity index (χ1) is 13.5. The van der Waals surface area contributed by atoms with Crippen molar-refractivity contribution < 1.29 is 9.59 Å². The van der Waals surface area contributed by atoms with Gasteiger partial charge in [-0.05, 0) is 54.4 Å². The van der Waals surface area contributed by atoms with Crippen LogP contribution in [0.15, 0.2) is 67.0 Å². The zero-order chi connectivity index (χ0) is 19.9. The van der Waals surface area contributed by atoms with Crippen molar-refractivity contribution in [2.75, 3.05) is 16.0 Å². The third-order valence-electron chi connectivity index (χ3n) is 4.11. The quantitative estimate of drug-likeness (QED) is 0.589. The molecule has 0 atom stereocenters. The Labute approximate surface area is 164 Å². The van der Waals surface area contributed by atoms with Gasteiger partial charge in [0, 0.05) is 30.2 Å². The molecule has 0 radical (unpaired) electrons. The highest BCUT2D eigenvalue weighted by atomic mass is 16.2. The second kappa shape index (κ2) is 8.81. The smallest absolute Gasteiger partial charge is 0.257 e. The van der Waals surface area contributed by atoms with Crippen LogP contribution in [-0.4, -0.2) is 16.8 Å². The highest BCUT2D eigenvalue weighted by molar-refractivity contribution is 6.04. The molecule has 0 aliphatic rings. The van der Waals surface area contributed by atoms with Crippen LogP contribution in [0, 0.1) is 0 Å². The molecular formula is C22H22N4O2. The number of rotatable bonds is 6. The lowest BCUT2D eigenvalue weighted by atomic mass is 10.1. The van der Waals surface area contributed by atoms with Crippen molar-refractivity contribution in [3.05, 3.63) is 78.1 Å². The zero-order valence-corrected chi connectivity index (χ0v) is 15.8. The van der Waals surface area contributed by atoms with Crippen molar-refractivity contribution in [2.45, 2.75) is 20.3 Å². The number of nitrogens with one attached hydrogen (secondary N) is 3. The minimum absolute atomic E-state index is 0.118. The van der Waals surface area contributed by atoms with Crippen LogP contribution in [0.2, 0.25) is 0 Å². The molecule has 28 heavy (non-hydrogen) atoms. The molecule has 0 aliphatic carbocycles. The third kappa shape index (κ3) is 5.17. The zero-order valence-electron chi connectivity index (χ0n) is 15.8. The van der Waals surface area contributed by atoms with E-state index in [0.717, 1.165) is 23.5 Å². The van der Waals surface area contributed by atoms with E-state index in [1.54, 1.807) is 24.4 Å². The largest absolute Gasteiger partial charge is 0.354 e. The van der Waals surface area contributed by atoms with Gasteiger partial charge in [0.1, 0.15) is 0 Å². The summed E-state index contributed by atoms with van der Waals surface area (Å²) in [4.78, 5) is 27.7. The summed E-state index contributed by atoms with van der Waals surface area (Å²) in [6.45, 7) is 3.55. The topological polar surface area (TPSA) is 83.1 Å². The van der Waals surface area contributed by atoms with Gasteiger partial charge in [-0.1, -0.05) is 19.1 Å². The van der Waals surface area contributed by atoms with Crippen molar-refractivity contribution >= 4 is 34.6 Å². The Morgan fingerprint density at radius 1 is 0.821 bits per heavy atom. The lowest BCUT2D eigenvalue weighted by Crippen LogP contribution is -2.12. The number of carbonyl (C=O) groups excluding carboxylic acids is 2. The van der Waals surface area contributed by atoms with Gasteiger partial charge in [0.15, 0.2) is 0 Å². The van der Waals surface area contributed by atoms with Crippen molar-refractivity contribution in [2.24, 2.45) is 0 Å². The molecule has 3 aromatic rings. The van der Waals surface area contributed by atoms with Crippen LogP contribution in [0.3, 0.4) is 0 Å². The number of benzene rings is 2. The van der Waals surface area contributed by atoms with Gasteiger partial charge in [-0.3, -0.25) is 14.6 Å². The molecule has 1 aromatic heterocycles. The molecule has 1 heterocycles. The lowest BCUT2D eigenvalue weighted by Gasteiger charge is -2.10.